The maximum absolute atomic E-state index is 12.7. The van der Waals surface area contributed by atoms with Crippen LogP contribution in [0.25, 0.3) is 5.65 Å². The quantitative estimate of drug-likeness (QED) is 0.503. The molecule has 166 valence electrons. The summed E-state index contributed by atoms with van der Waals surface area (Å²) in [5, 5.41) is 23.0. The molecule has 11 heteroatoms. The van der Waals surface area contributed by atoms with Gasteiger partial charge in [-0.1, -0.05) is 0 Å². The Labute approximate surface area is 188 Å². The number of carbonyl (C=O) groups excluding carboxylic acids is 3. The van der Waals surface area contributed by atoms with Gasteiger partial charge in [-0.25, -0.2) is 13.8 Å². The second-order valence-corrected chi connectivity index (χ2v) is 9.60. The maximum Gasteiger partial charge on any atom is 0.408 e. The van der Waals surface area contributed by atoms with E-state index in [1.165, 1.54) is 16.7 Å². The SMILES string of the molecule is CC(C)(C)OC(=O)N[C@@H]1C(=O)N2C(C(=O)[O-])=C(Cn3cc[n+]4cc(C#N)ccc34)CS[C@@H]12. The summed E-state index contributed by atoms with van der Waals surface area (Å²) in [6, 6.07) is 4.66. The van der Waals surface area contributed by atoms with Gasteiger partial charge in [0.15, 0.2) is 0 Å². The second-order valence-electron chi connectivity index (χ2n) is 8.49. The van der Waals surface area contributed by atoms with Crippen LogP contribution in [0.15, 0.2) is 42.0 Å². The van der Waals surface area contributed by atoms with Crippen LogP contribution < -0.4 is 14.8 Å². The van der Waals surface area contributed by atoms with Crippen molar-refractivity contribution in [2.45, 2.75) is 44.3 Å². The number of aliphatic carboxylic acids is 1. The first kappa shape index (κ1) is 21.7. The molecule has 0 unspecified atom stereocenters. The van der Waals surface area contributed by atoms with Crippen LogP contribution in [0.1, 0.15) is 26.3 Å². The molecule has 2 amide bonds. The van der Waals surface area contributed by atoms with Crippen LogP contribution in [-0.2, 0) is 20.9 Å². The Morgan fingerprint density at radius 2 is 2.16 bits per heavy atom. The van der Waals surface area contributed by atoms with Crippen molar-refractivity contribution in [3.63, 3.8) is 0 Å². The molecule has 2 aromatic heterocycles. The van der Waals surface area contributed by atoms with Gasteiger partial charge in [-0.05, 0) is 26.8 Å². The fraction of sp³-hybridized carbons (Fsp3) is 0.381. The zero-order chi connectivity index (χ0) is 23.2. The van der Waals surface area contributed by atoms with Gasteiger partial charge in [-0.2, -0.15) is 5.26 Å². The molecule has 1 saturated heterocycles. The molecule has 10 nitrogen and oxygen atoms in total. The van der Waals surface area contributed by atoms with Crippen molar-refractivity contribution < 1.29 is 28.6 Å². The fourth-order valence-electron chi connectivity index (χ4n) is 3.73. The fourth-order valence-corrected chi connectivity index (χ4v) is 5.07. The highest BCUT2D eigenvalue weighted by molar-refractivity contribution is 8.00. The van der Waals surface area contributed by atoms with E-state index >= 15 is 0 Å². The van der Waals surface area contributed by atoms with Crippen LogP contribution in [0.3, 0.4) is 0 Å². The summed E-state index contributed by atoms with van der Waals surface area (Å²) < 4.78 is 8.80. The van der Waals surface area contributed by atoms with Crippen molar-refractivity contribution in [2.24, 2.45) is 0 Å². The van der Waals surface area contributed by atoms with Gasteiger partial charge >= 0.3 is 6.09 Å². The van der Waals surface area contributed by atoms with Gasteiger partial charge in [0, 0.05) is 17.4 Å². The molecule has 0 saturated carbocycles. The van der Waals surface area contributed by atoms with Crippen molar-refractivity contribution in [1.82, 2.24) is 14.8 Å². The molecule has 0 spiro atoms. The van der Waals surface area contributed by atoms with Gasteiger partial charge in [-0.15, -0.1) is 11.8 Å². The minimum Gasteiger partial charge on any atom is -0.543 e. The van der Waals surface area contributed by atoms with Crippen molar-refractivity contribution in [2.75, 3.05) is 5.75 Å². The Balaban J connectivity index is 1.57. The minimum atomic E-state index is -1.44. The zero-order valence-corrected chi connectivity index (χ0v) is 18.5. The molecule has 2 aliphatic rings. The number of pyridine rings is 1. The van der Waals surface area contributed by atoms with Gasteiger partial charge in [0.25, 0.3) is 11.6 Å². The van der Waals surface area contributed by atoms with Crippen LogP contribution in [0, 0.1) is 11.3 Å². The van der Waals surface area contributed by atoms with Gasteiger partial charge < -0.3 is 20.0 Å². The average molecular weight is 455 g/mol. The summed E-state index contributed by atoms with van der Waals surface area (Å²) in [7, 11) is 0. The second kappa shape index (κ2) is 7.87. The normalized spacial score (nSPS) is 20.4. The molecule has 4 rings (SSSR count). The molecule has 0 bridgehead atoms. The number of hydrogen-bond donors (Lipinski definition) is 1. The highest BCUT2D eigenvalue weighted by atomic mass is 32.2. The molecular weight excluding hydrogens is 434 g/mol. The van der Waals surface area contributed by atoms with E-state index in [9.17, 15) is 19.5 Å². The molecule has 2 aromatic rings. The number of β-lactam (4-membered cyclic amide) rings is 1. The van der Waals surface area contributed by atoms with Crippen LogP contribution in [0.2, 0.25) is 0 Å². The number of carbonyl (C=O) groups is 3. The van der Waals surface area contributed by atoms with Crippen molar-refractivity contribution in [3.8, 4) is 6.07 Å². The number of nitrogens with one attached hydrogen (secondary N) is 1. The first-order chi connectivity index (χ1) is 15.1. The lowest BCUT2D eigenvalue weighted by atomic mass is 10.0. The minimum absolute atomic E-state index is 0.165. The third kappa shape index (κ3) is 3.89. The summed E-state index contributed by atoms with van der Waals surface area (Å²) in [4.78, 5) is 37.9. The van der Waals surface area contributed by atoms with Crippen LogP contribution >= 0.6 is 11.8 Å². The van der Waals surface area contributed by atoms with Crippen LogP contribution in [-0.4, -0.2) is 50.2 Å². The lowest BCUT2D eigenvalue weighted by molar-refractivity contribution is -0.510. The summed E-state index contributed by atoms with van der Waals surface area (Å²) >= 11 is 1.37. The Kier molecular flexibility index (Phi) is 5.34. The number of hydrogen-bond acceptors (Lipinski definition) is 7. The highest BCUT2D eigenvalue weighted by Crippen LogP contribution is 2.40. The Morgan fingerprint density at radius 3 is 2.81 bits per heavy atom. The van der Waals surface area contributed by atoms with Gasteiger partial charge in [0.1, 0.15) is 48.2 Å². The van der Waals surface area contributed by atoms with Crippen molar-refractivity contribution in [1.29, 1.82) is 5.26 Å². The molecule has 1 N–H and O–H groups in total. The van der Waals surface area contributed by atoms with Crippen molar-refractivity contribution >= 4 is 35.4 Å². The summed E-state index contributed by atoms with van der Waals surface area (Å²) in [6.07, 6.45) is 4.49. The van der Waals surface area contributed by atoms with E-state index in [4.69, 9.17) is 10.00 Å². The van der Waals surface area contributed by atoms with Gasteiger partial charge in [-0.3, -0.25) is 9.69 Å². The number of imidazole rings is 1. The highest BCUT2D eigenvalue weighted by Gasteiger charge is 2.53. The van der Waals surface area contributed by atoms with E-state index < -0.39 is 35.0 Å². The first-order valence-corrected chi connectivity index (χ1v) is 10.9. The number of aromatic nitrogens is 2. The van der Waals surface area contributed by atoms with E-state index in [-0.39, 0.29) is 12.2 Å². The van der Waals surface area contributed by atoms with Crippen LogP contribution in [0.4, 0.5) is 4.79 Å². The zero-order valence-electron chi connectivity index (χ0n) is 17.7. The lowest BCUT2D eigenvalue weighted by Gasteiger charge is -2.50. The Bertz CT molecular complexity index is 1210. The summed E-state index contributed by atoms with van der Waals surface area (Å²) in [6.45, 7) is 5.37. The third-order valence-corrected chi connectivity index (χ3v) is 6.40. The molecular formula is C21H21N5O5S. The maximum atomic E-state index is 12.7. The summed E-state index contributed by atoms with van der Waals surface area (Å²) in [5.41, 5.74) is 0.908. The number of ether oxygens (including phenoxy) is 1. The topological polar surface area (TPSA) is 132 Å². The van der Waals surface area contributed by atoms with E-state index in [2.05, 4.69) is 11.4 Å². The number of alkyl carbamates (subject to hydrolysis) is 1. The number of fused-ring (bicyclic) bond motifs is 2. The van der Waals surface area contributed by atoms with E-state index in [0.29, 0.717) is 16.9 Å². The van der Waals surface area contributed by atoms with Gasteiger partial charge in [0.05, 0.1) is 17.2 Å². The van der Waals surface area contributed by atoms with E-state index in [0.717, 1.165) is 5.65 Å². The lowest BCUT2D eigenvalue weighted by Crippen LogP contribution is -2.71. The summed E-state index contributed by atoms with van der Waals surface area (Å²) in [5.74, 6) is -1.61. The molecule has 0 aliphatic carbocycles. The van der Waals surface area contributed by atoms with Crippen molar-refractivity contribution in [3.05, 3.63) is 47.6 Å². The van der Waals surface area contributed by atoms with Crippen LogP contribution in [0.5, 0.6) is 0 Å². The number of amides is 2. The number of carboxylic acids is 1. The van der Waals surface area contributed by atoms with Gasteiger partial charge in [0.2, 0.25) is 0 Å². The number of thioether (sulfide) groups is 1. The molecule has 2 atom stereocenters. The number of nitriles is 1. The third-order valence-electron chi connectivity index (χ3n) is 5.06. The largest absolute Gasteiger partial charge is 0.543 e. The number of rotatable bonds is 4. The predicted octanol–water partition coefficient (Wildman–Crippen LogP) is -0.0891. The Hall–Kier alpha value is -3.52. The number of nitrogens with zero attached hydrogens (tertiary/aromatic N) is 4. The first-order valence-electron chi connectivity index (χ1n) is 9.87. The molecule has 1 fully saturated rings. The number of carboxylic acid groups (broad SMARTS) is 1. The molecule has 0 aromatic carbocycles. The average Bonchev–Trinajstić information content (AvgIpc) is 3.12. The molecule has 0 radical (unpaired) electrons. The molecule has 4 heterocycles. The Morgan fingerprint density at radius 1 is 1.41 bits per heavy atom. The monoisotopic (exact) mass is 455 g/mol. The molecule has 2 aliphatic heterocycles. The van der Waals surface area contributed by atoms with E-state index in [1.54, 1.807) is 55.9 Å². The predicted molar refractivity (Wildman–Crippen MR) is 111 cm³/mol. The molecule has 32 heavy (non-hydrogen) atoms. The van der Waals surface area contributed by atoms with E-state index in [1.807, 2.05) is 4.57 Å². The smallest absolute Gasteiger partial charge is 0.408 e. The standard InChI is InChI=1S/C21H21N5O5S/c1-21(2,3)31-20(30)23-15-17(27)26-16(19(28)29)13(11-32-18(15)26)10-25-7-6-24-9-12(8-22)4-5-14(24)25/h4-7,9,15,18H,10-11H2,1-3H3,(H-,23,28,29,30)/t15-,18+/m1/s1.